The van der Waals surface area contributed by atoms with Crippen LogP contribution in [0.4, 0.5) is 10.6 Å². The number of amides is 1. The Morgan fingerprint density at radius 3 is 2.54 bits per heavy atom. The summed E-state index contributed by atoms with van der Waals surface area (Å²) in [5.74, 6) is -0.366. The van der Waals surface area contributed by atoms with Crippen molar-refractivity contribution in [1.82, 2.24) is 14.5 Å². The largest absolute Gasteiger partial charge is 0.444 e. The molecule has 0 spiro atoms. The van der Waals surface area contributed by atoms with Crippen LogP contribution in [0.2, 0.25) is 5.28 Å². The van der Waals surface area contributed by atoms with Gasteiger partial charge in [0.15, 0.2) is 0 Å². The smallest absolute Gasteiger partial charge is 0.410 e. The lowest BCUT2D eigenvalue weighted by Crippen LogP contribution is -2.49. The normalized spacial score (nSPS) is 17.6. The Labute approximate surface area is 144 Å². The predicted molar refractivity (Wildman–Crippen MR) is 85.9 cm³/mol. The topological polar surface area (TPSA) is 111 Å². The monoisotopic (exact) mass is 360 g/mol. The van der Waals surface area contributed by atoms with Crippen molar-refractivity contribution in [3.8, 4) is 0 Å². The van der Waals surface area contributed by atoms with E-state index >= 15 is 0 Å². The summed E-state index contributed by atoms with van der Waals surface area (Å²) in [5.41, 5.74) is -1.69. The molecule has 0 unspecified atom stereocenters. The number of carbonyl (C=O) groups is 1. The molecule has 0 aromatic carbocycles. The summed E-state index contributed by atoms with van der Waals surface area (Å²) in [5, 5.41) is 21.3. The fourth-order valence-electron chi connectivity index (χ4n) is 2.49. The molecule has 0 aliphatic carbocycles. The van der Waals surface area contributed by atoms with Crippen LogP contribution in [0, 0.1) is 10.1 Å². The number of aliphatic hydroxyl groups is 1. The molecular weight excluding hydrogens is 340 g/mol. The van der Waals surface area contributed by atoms with Crippen LogP contribution >= 0.6 is 11.6 Å². The van der Waals surface area contributed by atoms with Gasteiger partial charge in [-0.2, -0.15) is 0 Å². The third kappa shape index (κ3) is 4.57. The van der Waals surface area contributed by atoms with Crippen LogP contribution in [0.3, 0.4) is 0 Å². The Morgan fingerprint density at radius 1 is 1.50 bits per heavy atom. The van der Waals surface area contributed by atoms with E-state index in [1.54, 1.807) is 20.8 Å². The van der Waals surface area contributed by atoms with Crippen LogP contribution in [0.15, 0.2) is 6.20 Å². The average molecular weight is 361 g/mol. The number of hydrogen-bond donors (Lipinski definition) is 1. The second kappa shape index (κ2) is 6.56. The first kappa shape index (κ1) is 18.5. The third-order valence-corrected chi connectivity index (χ3v) is 4.01. The van der Waals surface area contributed by atoms with Crippen molar-refractivity contribution in [1.29, 1.82) is 0 Å². The molecule has 0 radical (unpaired) electrons. The van der Waals surface area contributed by atoms with Crippen molar-refractivity contribution in [2.45, 2.75) is 51.4 Å². The summed E-state index contributed by atoms with van der Waals surface area (Å²) >= 11 is 5.87. The Kier molecular flexibility index (Phi) is 5.05. The summed E-state index contributed by atoms with van der Waals surface area (Å²) in [4.78, 5) is 27.3. The van der Waals surface area contributed by atoms with Crippen LogP contribution in [-0.2, 0) is 11.3 Å². The first-order valence-corrected chi connectivity index (χ1v) is 7.94. The summed E-state index contributed by atoms with van der Waals surface area (Å²) < 4.78 is 6.66. The molecule has 1 aliphatic heterocycles. The molecule has 0 bridgehead atoms. The van der Waals surface area contributed by atoms with E-state index in [9.17, 15) is 20.0 Å². The number of likely N-dealkylation sites (tertiary alicyclic amines) is 1. The van der Waals surface area contributed by atoms with Crippen molar-refractivity contribution in [3.63, 3.8) is 0 Å². The number of halogens is 1. The highest BCUT2D eigenvalue weighted by atomic mass is 35.5. The molecule has 1 N–H and O–H groups in total. The van der Waals surface area contributed by atoms with Gasteiger partial charge in [-0.05, 0) is 55.1 Å². The summed E-state index contributed by atoms with van der Waals surface area (Å²) in [6.45, 7) is 6.12. The van der Waals surface area contributed by atoms with Crippen molar-refractivity contribution in [3.05, 3.63) is 21.6 Å². The van der Waals surface area contributed by atoms with E-state index < -0.39 is 22.2 Å². The number of rotatable bonds is 3. The van der Waals surface area contributed by atoms with Gasteiger partial charge < -0.3 is 24.9 Å². The number of nitrogens with zero attached hydrogens (tertiary/aromatic N) is 4. The maximum absolute atomic E-state index is 12.0. The average Bonchev–Trinajstić information content (AvgIpc) is 2.78. The molecule has 1 aromatic heterocycles. The fraction of sp³-hybridized carbons (Fsp3) is 0.714. The van der Waals surface area contributed by atoms with E-state index in [1.807, 2.05) is 0 Å². The summed E-state index contributed by atoms with van der Waals surface area (Å²) in [6, 6.07) is 0. The van der Waals surface area contributed by atoms with Crippen molar-refractivity contribution in [2.75, 3.05) is 13.1 Å². The van der Waals surface area contributed by atoms with Crippen molar-refractivity contribution < 1.29 is 19.6 Å². The van der Waals surface area contributed by atoms with Gasteiger partial charge in [-0.25, -0.2) is 4.79 Å². The zero-order valence-corrected chi connectivity index (χ0v) is 14.6. The number of hydrogen-bond acceptors (Lipinski definition) is 6. The summed E-state index contributed by atoms with van der Waals surface area (Å²) in [7, 11) is 0. The van der Waals surface area contributed by atoms with Crippen LogP contribution in [0.5, 0.6) is 0 Å². The lowest BCUT2D eigenvalue weighted by atomic mass is 9.91. The van der Waals surface area contributed by atoms with E-state index in [1.165, 1.54) is 15.7 Å². The quantitative estimate of drug-likeness (QED) is 0.653. The van der Waals surface area contributed by atoms with Gasteiger partial charge in [-0.15, -0.1) is 0 Å². The van der Waals surface area contributed by atoms with Gasteiger partial charge >= 0.3 is 17.2 Å². The molecule has 1 aliphatic rings. The van der Waals surface area contributed by atoms with Crippen LogP contribution < -0.4 is 0 Å². The number of nitro groups is 1. The highest BCUT2D eigenvalue weighted by Crippen LogP contribution is 2.27. The molecule has 1 amide bonds. The maximum Gasteiger partial charge on any atom is 0.410 e. The SMILES string of the molecule is CC(C)(C)OC(=O)N1CCC(O)(Cn2cc([N+](=O)[O-])nc2Cl)CC1. The van der Waals surface area contributed by atoms with Crippen molar-refractivity contribution in [2.24, 2.45) is 0 Å². The lowest BCUT2D eigenvalue weighted by molar-refractivity contribution is -0.389. The summed E-state index contributed by atoms with van der Waals surface area (Å²) in [6.07, 6.45) is 1.41. The molecule has 134 valence electrons. The molecule has 0 saturated carbocycles. The first-order valence-electron chi connectivity index (χ1n) is 7.56. The molecule has 1 saturated heterocycles. The highest BCUT2D eigenvalue weighted by molar-refractivity contribution is 6.28. The standard InChI is InChI=1S/C14H21ClN4O5/c1-13(2,3)24-12(20)17-6-4-14(21,5-7-17)9-18-8-10(19(22)23)16-11(18)15/h8,21H,4-7,9H2,1-3H3. The number of piperidine rings is 1. The Morgan fingerprint density at radius 2 is 2.08 bits per heavy atom. The van der Waals surface area contributed by atoms with Gasteiger partial charge in [-0.1, -0.05) is 0 Å². The minimum Gasteiger partial charge on any atom is -0.444 e. The fourth-order valence-corrected chi connectivity index (χ4v) is 2.68. The zero-order chi connectivity index (χ0) is 18.1. The zero-order valence-electron chi connectivity index (χ0n) is 13.9. The first-order chi connectivity index (χ1) is 11.0. The van der Waals surface area contributed by atoms with E-state index in [2.05, 4.69) is 4.98 Å². The van der Waals surface area contributed by atoms with Crippen molar-refractivity contribution >= 4 is 23.5 Å². The van der Waals surface area contributed by atoms with Crippen LogP contribution in [0.25, 0.3) is 0 Å². The van der Waals surface area contributed by atoms with Gasteiger partial charge in [0, 0.05) is 13.1 Å². The molecule has 1 fully saturated rings. The molecule has 0 atom stereocenters. The molecule has 10 heteroatoms. The van der Waals surface area contributed by atoms with Crippen LogP contribution in [-0.4, -0.2) is 54.9 Å². The minimum absolute atomic E-state index is 0.0512. The van der Waals surface area contributed by atoms with Gasteiger partial charge in [0.1, 0.15) is 11.8 Å². The number of aromatic nitrogens is 2. The minimum atomic E-state index is -1.11. The van der Waals surface area contributed by atoms with Gasteiger partial charge in [-0.3, -0.25) is 4.57 Å². The Balaban J connectivity index is 1.97. The second-order valence-corrected chi connectivity index (χ2v) is 7.28. The van der Waals surface area contributed by atoms with E-state index in [0.29, 0.717) is 25.9 Å². The molecular formula is C14H21ClN4O5. The molecule has 2 heterocycles. The number of imidazole rings is 1. The molecule has 9 nitrogen and oxygen atoms in total. The Hall–Kier alpha value is -1.87. The Bertz CT molecular complexity index is 632. The third-order valence-electron chi connectivity index (χ3n) is 3.71. The van der Waals surface area contributed by atoms with Gasteiger partial charge in [0.05, 0.1) is 12.1 Å². The van der Waals surface area contributed by atoms with Gasteiger partial charge in [0.2, 0.25) is 0 Å². The predicted octanol–water partition coefficient (Wildman–Crippen LogP) is 2.21. The second-order valence-electron chi connectivity index (χ2n) is 6.94. The van der Waals surface area contributed by atoms with Gasteiger partial charge in [0.25, 0.3) is 0 Å². The molecule has 24 heavy (non-hydrogen) atoms. The maximum atomic E-state index is 12.0. The van der Waals surface area contributed by atoms with Crippen LogP contribution in [0.1, 0.15) is 33.6 Å². The lowest BCUT2D eigenvalue weighted by Gasteiger charge is -2.38. The highest BCUT2D eigenvalue weighted by Gasteiger charge is 2.37. The molecule has 2 rings (SSSR count). The molecule has 1 aromatic rings. The number of carbonyl (C=O) groups excluding carboxylic acids is 1. The number of ether oxygens (including phenoxy) is 1. The van der Waals surface area contributed by atoms with E-state index in [4.69, 9.17) is 16.3 Å². The van der Waals surface area contributed by atoms with E-state index in [0.717, 1.165) is 0 Å². The van der Waals surface area contributed by atoms with E-state index in [-0.39, 0.29) is 17.6 Å².